The molecule has 0 aromatic carbocycles. The summed E-state index contributed by atoms with van der Waals surface area (Å²) in [5.41, 5.74) is 1.57. The lowest BCUT2D eigenvalue weighted by atomic mass is 9.84. The van der Waals surface area contributed by atoms with E-state index in [4.69, 9.17) is 19.2 Å². The molecule has 1 amide bonds. The largest absolute Gasteiger partial charge is 0.480 e. The number of rotatable bonds is 6. The van der Waals surface area contributed by atoms with Gasteiger partial charge in [-0.15, -0.1) is 0 Å². The van der Waals surface area contributed by atoms with Crippen molar-refractivity contribution in [1.29, 1.82) is 0 Å². The molecule has 32 heavy (non-hydrogen) atoms. The van der Waals surface area contributed by atoms with E-state index in [1.165, 1.54) is 7.11 Å². The molecule has 168 valence electrons. The second-order valence-electron chi connectivity index (χ2n) is 9.17. The maximum atomic E-state index is 13.2. The predicted molar refractivity (Wildman–Crippen MR) is 117 cm³/mol. The molecular weight excluding hydrogens is 410 g/mol. The van der Waals surface area contributed by atoms with Crippen LogP contribution in [0.2, 0.25) is 0 Å². The van der Waals surface area contributed by atoms with Gasteiger partial charge in [-0.2, -0.15) is 4.98 Å². The van der Waals surface area contributed by atoms with Gasteiger partial charge in [0.2, 0.25) is 17.5 Å². The maximum absolute atomic E-state index is 13.2. The third-order valence-corrected chi connectivity index (χ3v) is 6.30. The summed E-state index contributed by atoms with van der Waals surface area (Å²) in [6.45, 7) is 6.61. The number of carbonyl (C=O) groups excluding carboxylic acids is 1. The Bertz CT molecular complexity index is 1180. The van der Waals surface area contributed by atoms with Crippen molar-refractivity contribution in [3.63, 3.8) is 0 Å². The van der Waals surface area contributed by atoms with Gasteiger partial charge in [-0.05, 0) is 52.2 Å². The average Bonchev–Trinajstić information content (AvgIpc) is 3.44. The zero-order chi connectivity index (χ0) is 22.5. The fraction of sp³-hybridized carbons (Fsp3) is 0.478. The molecule has 2 fully saturated rings. The molecular formula is C23H27N5O4. The van der Waals surface area contributed by atoms with Gasteiger partial charge in [-0.1, -0.05) is 0 Å². The number of anilines is 1. The van der Waals surface area contributed by atoms with Gasteiger partial charge >= 0.3 is 0 Å². The van der Waals surface area contributed by atoms with Crippen LogP contribution in [0.4, 0.5) is 5.69 Å². The minimum atomic E-state index is -0.368. The van der Waals surface area contributed by atoms with Crippen molar-refractivity contribution in [2.45, 2.75) is 57.2 Å². The number of carbonyl (C=O) groups is 1. The van der Waals surface area contributed by atoms with Crippen molar-refractivity contribution in [3.8, 4) is 11.8 Å². The Hall–Kier alpha value is -3.20. The smallest absolute Gasteiger partial charge is 0.262 e. The Labute approximate surface area is 186 Å². The lowest BCUT2D eigenvalue weighted by Crippen LogP contribution is -2.26. The molecule has 0 radical (unpaired) electrons. The van der Waals surface area contributed by atoms with Gasteiger partial charge in [-0.3, -0.25) is 9.20 Å². The van der Waals surface area contributed by atoms with Crippen LogP contribution in [0.5, 0.6) is 11.8 Å². The molecule has 1 saturated heterocycles. The van der Waals surface area contributed by atoms with Gasteiger partial charge in [0.05, 0.1) is 31.1 Å². The van der Waals surface area contributed by atoms with Crippen LogP contribution < -0.4 is 14.8 Å². The number of aromatic nitrogens is 4. The summed E-state index contributed by atoms with van der Waals surface area (Å²) in [4.78, 5) is 26.7. The summed E-state index contributed by atoms with van der Waals surface area (Å²) < 4.78 is 19.0. The van der Waals surface area contributed by atoms with Crippen LogP contribution in [-0.4, -0.2) is 50.7 Å². The molecule has 2 atom stereocenters. The Morgan fingerprint density at radius 2 is 2.09 bits per heavy atom. The molecule has 5 rings (SSSR count). The van der Waals surface area contributed by atoms with Crippen LogP contribution in [0.25, 0.3) is 5.78 Å². The number of ether oxygens (including phenoxy) is 3. The highest BCUT2D eigenvalue weighted by Gasteiger charge is 2.55. The third-order valence-electron chi connectivity index (χ3n) is 6.30. The molecule has 1 saturated carbocycles. The molecule has 2 aliphatic rings. The normalized spacial score (nSPS) is 24.3. The fourth-order valence-electron chi connectivity index (χ4n) is 4.72. The fourth-order valence-corrected chi connectivity index (χ4v) is 4.72. The molecule has 4 heterocycles. The van der Waals surface area contributed by atoms with E-state index >= 15 is 0 Å². The summed E-state index contributed by atoms with van der Waals surface area (Å²) in [5, 5.41) is 2.85. The summed E-state index contributed by atoms with van der Waals surface area (Å²) in [6, 6.07) is 3.45. The standard InChI is InChI=1S/C23H27N5O4/c1-14(2)32-19-15(18(29)25-16-6-5-9-24-20(16)30-4)10-28-11-17(26-21(28)27-19)23-8-7-22(3,12-23)31-13-23/h5-6,9-11,14H,7-8,12-13H2,1-4H3,(H,25,29). The maximum Gasteiger partial charge on any atom is 0.262 e. The lowest BCUT2D eigenvalue weighted by molar-refractivity contribution is -0.00627. The van der Waals surface area contributed by atoms with E-state index in [2.05, 4.69) is 22.2 Å². The second-order valence-corrected chi connectivity index (χ2v) is 9.17. The third kappa shape index (κ3) is 3.46. The molecule has 1 aliphatic heterocycles. The summed E-state index contributed by atoms with van der Waals surface area (Å²) in [5.74, 6) is 0.700. The number of amides is 1. The van der Waals surface area contributed by atoms with Gasteiger partial charge in [0.1, 0.15) is 11.3 Å². The molecule has 3 aromatic heterocycles. The number of hydrogen-bond acceptors (Lipinski definition) is 7. The van der Waals surface area contributed by atoms with Crippen molar-refractivity contribution in [2.75, 3.05) is 19.0 Å². The number of imidazole rings is 1. The predicted octanol–water partition coefficient (Wildman–Crippen LogP) is 3.38. The minimum Gasteiger partial charge on any atom is -0.480 e. The highest BCUT2D eigenvalue weighted by atomic mass is 16.5. The molecule has 9 heteroatoms. The molecule has 3 aromatic rings. The number of pyridine rings is 1. The Kier molecular flexibility index (Phi) is 4.81. The van der Waals surface area contributed by atoms with Crippen LogP contribution in [0.15, 0.2) is 30.7 Å². The van der Waals surface area contributed by atoms with Crippen molar-refractivity contribution in [3.05, 3.63) is 42.0 Å². The Balaban J connectivity index is 1.53. The molecule has 9 nitrogen and oxygen atoms in total. The van der Waals surface area contributed by atoms with Crippen LogP contribution >= 0.6 is 0 Å². The van der Waals surface area contributed by atoms with E-state index in [1.54, 1.807) is 28.9 Å². The minimum absolute atomic E-state index is 0.0665. The second kappa shape index (κ2) is 7.44. The van der Waals surface area contributed by atoms with Crippen molar-refractivity contribution in [2.24, 2.45) is 0 Å². The topological polar surface area (TPSA) is 99.9 Å². The highest BCUT2D eigenvalue weighted by molar-refractivity contribution is 6.06. The van der Waals surface area contributed by atoms with E-state index in [0.717, 1.165) is 25.0 Å². The summed E-state index contributed by atoms with van der Waals surface area (Å²) in [7, 11) is 1.51. The SMILES string of the molecule is COc1ncccc1NC(=O)c1cn2cc(C34CCC(C)(C3)OC4)nc2nc1OC(C)C. The lowest BCUT2D eigenvalue weighted by Gasteiger charge is -2.24. The number of nitrogens with zero attached hydrogens (tertiary/aromatic N) is 4. The van der Waals surface area contributed by atoms with Gasteiger partial charge < -0.3 is 19.5 Å². The van der Waals surface area contributed by atoms with E-state index in [9.17, 15) is 4.79 Å². The first-order valence-electron chi connectivity index (χ1n) is 10.8. The van der Waals surface area contributed by atoms with Gasteiger partial charge in [-0.25, -0.2) is 9.97 Å². The van der Waals surface area contributed by atoms with E-state index in [-0.39, 0.29) is 28.9 Å². The zero-order valence-corrected chi connectivity index (χ0v) is 18.7. The average molecular weight is 438 g/mol. The highest BCUT2D eigenvalue weighted by Crippen LogP contribution is 2.53. The first-order chi connectivity index (χ1) is 15.3. The van der Waals surface area contributed by atoms with E-state index in [1.807, 2.05) is 20.0 Å². The Morgan fingerprint density at radius 3 is 2.75 bits per heavy atom. The zero-order valence-electron chi connectivity index (χ0n) is 18.7. The van der Waals surface area contributed by atoms with Gasteiger partial charge in [0.15, 0.2) is 0 Å². The van der Waals surface area contributed by atoms with Gasteiger partial charge in [0, 0.05) is 24.0 Å². The number of methoxy groups -OCH3 is 1. The van der Waals surface area contributed by atoms with E-state index < -0.39 is 0 Å². The summed E-state index contributed by atoms with van der Waals surface area (Å²) in [6.07, 6.45) is 8.14. The molecule has 1 N–H and O–H groups in total. The van der Waals surface area contributed by atoms with E-state index in [0.29, 0.717) is 29.5 Å². The molecule has 0 spiro atoms. The molecule has 2 bridgehead atoms. The van der Waals surface area contributed by atoms with Crippen LogP contribution in [0, 0.1) is 0 Å². The number of nitrogens with one attached hydrogen (secondary N) is 1. The first kappa shape index (κ1) is 20.7. The van der Waals surface area contributed by atoms with Crippen molar-refractivity contribution >= 4 is 17.4 Å². The Morgan fingerprint density at radius 1 is 1.25 bits per heavy atom. The quantitative estimate of drug-likeness (QED) is 0.631. The molecule has 2 unspecified atom stereocenters. The monoisotopic (exact) mass is 437 g/mol. The summed E-state index contributed by atoms with van der Waals surface area (Å²) >= 11 is 0. The van der Waals surface area contributed by atoms with Crippen molar-refractivity contribution in [1.82, 2.24) is 19.4 Å². The van der Waals surface area contributed by atoms with Crippen LogP contribution in [-0.2, 0) is 10.2 Å². The number of fused-ring (bicyclic) bond motifs is 3. The van der Waals surface area contributed by atoms with Crippen LogP contribution in [0.1, 0.15) is 56.1 Å². The first-order valence-corrected chi connectivity index (χ1v) is 10.8. The number of hydrogen-bond donors (Lipinski definition) is 1. The van der Waals surface area contributed by atoms with Gasteiger partial charge in [0.25, 0.3) is 5.91 Å². The van der Waals surface area contributed by atoms with Crippen molar-refractivity contribution < 1.29 is 19.0 Å². The molecule has 1 aliphatic carbocycles. The van der Waals surface area contributed by atoms with Crippen LogP contribution in [0.3, 0.4) is 0 Å².